The summed E-state index contributed by atoms with van der Waals surface area (Å²) in [6.07, 6.45) is 2.35. The first kappa shape index (κ1) is 8.21. The summed E-state index contributed by atoms with van der Waals surface area (Å²) in [7, 11) is 0. The Labute approximate surface area is 70.2 Å². The summed E-state index contributed by atoms with van der Waals surface area (Å²) >= 11 is 5.61. The maximum atomic E-state index is 10.2. The van der Waals surface area contributed by atoms with E-state index in [0.717, 1.165) is 5.56 Å². The van der Waals surface area contributed by atoms with E-state index in [0.29, 0.717) is 12.0 Å². The van der Waals surface area contributed by atoms with Gasteiger partial charge in [0.2, 0.25) is 0 Å². The maximum absolute atomic E-state index is 10.2. The molecule has 1 heterocycles. The molecular formula is C8H8ClNO. The van der Waals surface area contributed by atoms with Crippen LogP contribution in [0.25, 0.3) is 0 Å². The maximum Gasteiger partial charge on any atom is 0.143 e. The summed E-state index contributed by atoms with van der Waals surface area (Å²) in [6, 6.07) is 3.63. The topological polar surface area (TPSA) is 30.0 Å². The van der Waals surface area contributed by atoms with E-state index in [2.05, 4.69) is 4.98 Å². The van der Waals surface area contributed by atoms with E-state index < -0.39 is 5.38 Å². The van der Waals surface area contributed by atoms with Gasteiger partial charge in [0.05, 0.1) is 5.69 Å². The van der Waals surface area contributed by atoms with Gasteiger partial charge in [-0.2, -0.15) is 0 Å². The lowest BCUT2D eigenvalue weighted by atomic mass is 10.2. The molecule has 0 radical (unpaired) electrons. The minimum Gasteiger partial charge on any atom is -0.301 e. The van der Waals surface area contributed by atoms with Gasteiger partial charge in [-0.25, -0.2) is 0 Å². The third kappa shape index (κ3) is 2.02. The molecule has 0 aliphatic rings. The van der Waals surface area contributed by atoms with Crippen molar-refractivity contribution >= 4 is 17.9 Å². The monoisotopic (exact) mass is 169 g/mol. The summed E-state index contributed by atoms with van der Waals surface area (Å²) in [5, 5.41) is -0.615. The van der Waals surface area contributed by atoms with Crippen molar-refractivity contribution in [1.82, 2.24) is 4.98 Å². The number of rotatable bonds is 2. The molecule has 0 amide bonds. The normalized spacial score (nSPS) is 12.5. The molecule has 0 unspecified atom stereocenters. The number of halogens is 1. The van der Waals surface area contributed by atoms with E-state index in [9.17, 15) is 4.79 Å². The summed E-state index contributed by atoms with van der Waals surface area (Å²) < 4.78 is 0. The Kier molecular flexibility index (Phi) is 2.60. The molecule has 11 heavy (non-hydrogen) atoms. The average molecular weight is 170 g/mol. The Hall–Kier alpha value is -0.890. The van der Waals surface area contributed by atoms with Crippen LogP contribution in [0.4, 0.5) is 0 Å². The molecule has 0 saturated heterocycles. The Bertz CT molecular complexity index is 245. The molecule has 58 valence electrons. The minimum atomic E-state index is -0.615. The van der Waals surface area contributed by atoms with Crippen molar-refractivity contribution in [2.45, 2.75) is 12.3 Å². The van der Waals surface area contributed by atoms with Crippen molar-refractivity contribution < 1.29 is 4.79 Å². The Morgan fingerprint density at radius 2 is 2.36 bits per heavy atom. The lowest BCUT2D eigenvalue weighted by Gasteiger charge is -1.99. The van der Waals surface area contributed by atoms with Gasteiger partial charge in [0.1, 0.15) is 11.7 Å². The van der Waals surface area contributed by atoms with E-state index >= 15 is 0 Å². The SMILES string of the molecule is Cc1ccc([C@H](Cl)C=O)nc1. The van der Waals surface area contributed by atoms with Gasteiger partial charge in [0.15, 0.2) is 0 Å². The molecule has 1 aromatic rings. The number of nitrogens with zero attached hydrogens (tertiary/aromatic N) is 1. The molecule has 0 N–H and O–H groups in total. The lowest BCUT2D eigenvalue weighted by molar-refractivity contribution is -0.107. The number of carbonyl (C=O) groups is 1. The predicted molar refractivity (Wildman–Crippen MR) is 43.6 cm³/mol. The largest absolute Gasteiger partial charge is 0.301 e. The quantitative estimate of drug-likeness (QED) is 0.500. The zero-order valence-electron chi connectivity index (χ0n) is 6.12. The number of hydrogen-bond donors (Lipinski definition) is 0. The van der Waals surface area contributed by atoms with Crippen LogP contribution in [0, 0.1) is 6.92 Å². The number of pyridine rings is 1. The molecule has 0 fully saturated rings. The van der Waals surface area contributed by atoms with Crippen LogP contribution in [0.1, 0.15) is 16.6 Å². The van der Waals surface area contributed by atoms with Crippen LogP contribution >= 0.6 is 11.6 Å². The summed E-state index contributed by atoms with van der Waals surface area (Å²) in [6.45, 7) is 1.93. The standard InChI is InChI=1S/C8H8ClNO/c1-6-2-3-8(10-4-6)7(9)5-11/h2-5,7H,1H3/t7-/m1/s1. The van der Waals surface area contributed by atoms with Crippen LogP contribution in [0.15, 0.2) is 18.3 Å². The molecule has 0 bridgehead atoms. The Morgan fingerprint density at radius 3 is 2.82 bits per heavy atom. The molecule has 0 saturated carbocycles. The Morgan fingerprint density at radius 1 is 1.64 bits per heavy atom. The number of carbonyl (C=O) groups excluding carboxylic acids is 1. The lowest BCUT2D eigenvalue weighted by Crippen LogP contribution is -1.94. The Balaban J connectivity index is 2.89. The van der Waals surface area contributed by atoms with Gasteiger partial charge in [-0.05, 0) is 18.6 Å². The third-order valence-electron chi connectivity index (χ3n) is 1.34. The van der Waals surface area contributed by atoms with E-state index in [1.54, 1.807) is 12.3 Å². The van der Waals surface area contributed by atoms with Gasteiger partial charge in [0, 0.05) is 6.20 Å². The van der Waals surface area contributed by atoms with Crippen molar-refractivity contribution in [2.75, 3.05) is 0 Å². The van der Waals surface area contributed by atoms with Gasteiger partial charge in [-0.15, -0.1) is 11.6 Å². The highest BCUT2D eigenvalue weighted by Crippen LogP contribution is 2.14. The van der Waals surface area contributed by atoms with Crippen LogP contribution in [0.5, 0.6) is 0 Å². The molecule has 3 heteroatoms. The van der Waals surface area contributed by atoms with Crippen LogP contribution in [0.3, 0.4) is 0 Å². The second-order valence-electron chi connectivity index (χ2n) is 2.30. The highest BCUT2D eigenvalue weighted by molar-refractivity contribution is 6.27. The number of aromatic nitrogens is 1. The van der Waals surface area contributed by atoms with Gasteiger partial charge >= 0.3 is 0 Å². The highest BCUT2D eigenvalue weighted by Gasteiger charge is 2.05. The zero-order chi connectivity index (χ0) is 8.27. The van der Waals surface area contributed by atoms with Crippen molar-refractivity contribution in [3.63, 3.8) is 0 Å². The number of aryl methyl sites for hydroxylation is 1. The van der Waals surface area contributed by atoms with Crippen LogP contribution in [-0.2, 0) is 4.79 Å². The smallest absolute Gasteiger partial charge is 0.143 e. The van der Waals surface area contributed by atoms with Crippen LogP contribution < -0.4 is 0 Å². The van der Waals surface area contributed by atoms with Crippen molar-refractivity contribution in [2.24, 2.45) is 0 Å². The predicted octanol–water partition coefficient (Wildman–Crippen LogP) is 1.87. The number of hydrogen-bond acceptors (Lipinski definition) is 2. The van der Waals surface area contributed by atoms with E-state index in [-0.39, 0.29) is 0 Å². The van der Waals surface area contributed by atoms with E-state index in [1.165, 1.54) is 0 Å². The third-order valence-corrected chi connectivity index (χ3v) is 1.66. The molecule has 2 nitrogen and oxygen atoms in total. The van der Waals surface area contributed by atoms with Gasteiger partial charge < -0.3 is 4.79 Å². The number of alkyl halides is 1. The van der Waals surface area contributed by atoms with Gasteiger partial charge in [-0.1, -0.05) is 6.07 Å². The molecular weight excluding hydrogens is 162 g/mol. The fourth-order valence-corrected chi connectivity index (χ4v) is 0.841. The first-order valence-electron chi connectivity index (χ1n) is 3.26. The zero-order valence-corrected chi connectivity index (χ0v) is 6.88. The van der Waals surface area contributed by atoms with Gasteiger partial charge in [-0.3, -0.25) is 4.98 Å². The van der Waals surface area contributed by atoms with Crippen LogP contribution in [0.2, 0.25) is 0 Å². The molecule has 0 spiro atoms. The minimum absolute atomic E-state index is 0.604. The van der Waals surface area contributed by atoms with E-state index in [1.807, 2.05) is 13.0 Å². The van der Waals surface area contributed by atoms with Crippen molar-refractivity contribution in [1.29, 1.82) is 0 Å². The average Bonchev–Trinajstić information content (AvgIpc) is 2.05. The van der Waals surface area contributed by atoms with E-state index in [4.69, 9.17) is 11.6 Å². The van der Waals surface area contributed by atoms with Crippen molar-refractivity contribution in [3.05, 3.63) is 29.6 Å². The molecule has 1 rings (SSSR count). The molecule has 1 atom stereocenters. The second-order valence-corrected chi connectivity index (χ2v) is 2.77. The molecule has 0 aliphatic carbocycles. The molecule has 0 aliphatic heterocycles. The van der Waals surface area contributed by atoms with Crippen LogP contribution in [-0.4, -0.2) is 11.3 Å². The summed E-state index contributed by atoms with van der Waals surface area (Å²) in [5.41, 5.74) is 1.66. The highest BCUT2D eigenvalue weighted by atomic mass is 35.5. The summed E-state index contributed by atoms with van der Waals surface area (Å²) in [5.74, 6) is 0. The second kappa shape index (κ2) is 3.49. The van der Waals surface area contributed by atoms with Crippen molar-refractivity contribution in [3.8, 4) is 0 Å². The molecule has 1 aromatic heterocycles. The fourth-order valence-electron chi connectivity index (χ4n) is 0.712. The van der Waals surface area contributed by atoms with Gasteiger partial charge in [0.25, 0.3) is 0 Å². The fraction of sp³-hybridized carbons (Fsp3) is 0.250. The first-order chi connectivity index (χ1) is 5.24. The number of aldehydes is 1. The summed E-state index contributed by atoms with van der Waals surface area (Å²) in [4.78, 5) is 14.2. The first-order valence-corrected chi connectivity index (χ1v) is 3.69. The molecule has 0 aromatic carbocycles.